The number of sulfonamides is 2. The molecule has 0 bridgehead atoms. The summed E-state index contributed by atoms with van der Waals surface area (Å²) in [5.74, 6) is -1.76. The van der Waals surface area contributed by atoms with Gasteiger partial charge in [0.05, 0.1) is 28.3 Å². The minimum absolute atomic E-state index is 0.0168. The molecule has 16 heteroatoms. The van der Waals surface area contributed by atoms with Crippen molar-refractivity contribution in [1.82, 2.24) is 0 Å². The second-order valence-electron chi connectivity index (χ2n) is 10.2. The molecule has 0 fully saturated rings. The molecule has 0 aromatic heterocycles. The van der Waals surface area contributed by atoms with Gasteiger partial charge < -0.3 is 27.3 Å². The molecule has 4 rings (SSSR count). The fraction of sp³-hybridized carbons (Fsp3) is 0.194. The molecule has 0 aliphatic rings. The van der Waals surface area contributed by atoms with E-state index < -0.39 is 45.0 Å². The average Bonchev–Trinajstić information content (AvgIpc) is 3.05. The third-order valence-electron chi connectivity index (χ3n) is 7.00. The van der Waals surface area contributed by atoms with Gasteiger partial charge in [-0.3, -0.25) is 23.0 Å². The zero-order valence-corrected chi connectivity index (χ0v) is 27.0. The number of nitrogens with one attached hydrogen (secondary N) is 1. The lowest BCUT2D eigenvalue weighted by molar-refractivity contribution is -0.117. The van der Waals surface area contributed by atoms with E-state index in [0.717, 1.165) is 8.61 Å². The van der Waals surface area contributed by atoms with Crippen molar-refractivity contribution in [2.75, 3.05) is 40.7 Å². The first-order valence-corrected chi connectivity index (χ1v) is 17.1. The summed E-state index contributed by atoms with van der Waals surface area (Å²) < 4.78 is 62.4. The first kappa shape index (κ1) is 34.7. The Hall–Kier alpha value is -5.19. The standard InChI is InChI=1S/C31H34N6O8S2/c1-45-22-10-14-24(15-11-22)47(43,44)37(20-30(34)39)28-17-16-27(25-5-2-3-6-26(25)28)36(19-29(33)38)46(41,42)23-12-8-21(9-13-23)35-31(40)7-4-18-32/h2-3,5-6,8-17H,4,7,18-20,32H2,1H3,(H2,33,38)(H2,34,39)(H,35,40). The Bertz CT molecular complexity index is 2000. The van der Waals surface area contributed by atoms with Gasteiger partial charge in [-0.05, 0) is 73.6 Å². The second-order valence-corrected chi connectivity index (χ2v) is 14.0. The lowest BCUT2D eigenvalue weighted by Gasteiger charge is -2.28. The molecule has 4 aromatic rings. The zero-order valence-electron chi connectivity index (χ0n) is 25.3. The van der Waals surface area contributed by atoms with Crippen molar-refractivity contribution in [2.45, 2.75) is 22.6 Å². The third kappa shape index (κ3) is 7.79. The molecular weight excluding hydrogens is 649 g/mol. The Labute approximate surface area is 272 Å². The van der Waals surface area contributed by atoms with Gasteiger partial charge >= 0.3 is 0 Å². The van der Waals surface area contributed by atoms with E-state index in [9.17, 15) is 31.2 Å². The van der Waals surface area contributed by atoms with Crippen molar-refractivity contribution < 1.29 is 36.0 Å². The summed E-state index contributed by atoms with van der Waals surface area (Å²) in [5.41, 5.74) is 16.8. The number of methoxy groups -OCH3 is 1. The van der Waals surface area contributed by atoms with Crippen molar-refractivity contribution in [2.24, 2.45) is 17.2 Å². The number of amides is 3. The highest BCUT2D eigenvalue weighted by Crippen LogP contribution is 2.38. The lowest BCUT2D eigenvalue weighted by atomic mass is 10.1. The second kappa shape index (κ2) is 14.5. The van der Waals surface area contributed by atoms with E-state index in [-0.39, 0.29) is 44.3 Å². The SMILES string of the molecule is COc1ccc(S(=O)(=O)N(CC(N)=O)c2ccc(N(CC(N)=O)S(=O)(=O)c3ccc(NC(=O)CCCN)cc3)c3ccccc23)cc1. The number of hydrogen-bond donors (Lipinski definition) is 4. The maximum Gasteiger partial charge on any atom is 0.264 e. The molecule has 0 aliphatic carbocycles. The Morgan fingerprint density at radius 3 is 1.55 bits per heavy atom. The quantitative estimate of drug-likeness (QED) is 0.143. The van der Waals surface area contributed by atoms with E-state index in [0.29, 0.717) is 24.4 Å². The molecular formula is C31H34N6O8S2. The molecule has 47 heavy (non-hydrogen) atoms. The highest BCUT2D eigenvalue weighted by atomic mass is 32.2. The van der Waals surface area contributed by atoms with Gasteiger partial charge in [0, 0.05) is 22.9 Å². The van der Waals surface area contributed by atoms with Crippen LogP contribution in [0.15, 0.2) is 94.7 Å². The van der Waals surface area contributed by atoms with E-state index in [1.165, 1.54) is 67.8 Å². The van der Waals surface area contributed by atoms with Gasteiger partial charge in [0.25, 0.3) is 20.0 Å². The van der Waals surface area contributed by atoms with Gasteiger partial charge in [0.15, 0.2) is 0 Å². The lowest BCUT2D eigenvalue weighted by Crippen LogP contribution is -2.39. The van der Waals surface area contributed by atoms with Crippen LogP contribution < -0.4 is 35.9 Å². The van der Waals surface area contributed by atoms with Crippen LogP contribution in [0.2, 0.25) is 0 Å². The fourth-order valence-corrected chi connectivity index (χ4v) is 7.68. The molecule has 0 heterocycles. The number of anilines is 3. The van der Waals surface area contributed by atoms with Crippen LogP contribution in [-0.2, 0) is 34.4 Å². The van der Waals surface area contributed by atoms with Crippen molar-refractivity contribution in [3.05, 3.63) is 84.9 Å². The molecule has 0 atom stereocenters. The van der Waals surface area contributed by atoms with E-state index >= 15 is 0 Å². The third-order valence-corrected chi connectivity index (χ3v) is 10.5. The zero-order chi connectivity index (χ0) is 34.4. The number of nitrogens with zero attached hydrogens (tertiary/aromatic N) is 2. The number of benzene rings is 4. The average molecular weight is 683 g/mol. The van der Waals surface area contributed by atoms with Crippen LogP contribution in [0.25, 0.3) is 10.8 Å². The summed E-state index contributed by atoms with van der Waals surface area (Å²) in [6.07, 6.45) is 0.686. The van der Waals surface area contributed by atoms with Crippen LogP contribution >= 0.6 is 0 Å². The fourth-order valence-electron chi connectivity index (χ4n) is 4.78. The molecule has 3 amide bonds. The van der Waals surface area contributed by atoms with Crippen LogP contribution in [0.5, 0.6) is 5.75 Å². The number of carbonyl (C=O) groups is 3. The maximum absolute atomic E-state index is 14.0. The number of primary amides is 2. The van der Waals surface area contributed by atoms with Crippen molar-refractivity contribution in [3.8, 4) is 5.75 Å². The van der Waals surface area contributed by atoms with Crippen LogP contribution in [0.4, 0.5) is 17.1 Å². The number of nitrogens with two attached hydrogens (primary N) is 3. The highest BCUT2D eigenvalue weighted by molar-refractivity contribution is 7.93. The Balaban J connectivity index is 1.82. The first-order chi connectivity index (χ1) is 22.3. The number of carbonyl (C=O) groups excluding carboxylic acids is 3. The molecule has 0 radical (unpaired) electrons. The van der Waals surface area contributed by atoms with Gasteiger partial charge in [-0.1, -0.05) is 24.3 Å². The molecule has 7 N–H and O–H groups in total. The molecule has 14 nitrogen and oxygen atoms in total. The number of fused-ring (bicyclic) bond motifs is 1. The molecule has 4 aromatic carbocycles. The van der Waals surface area contributed by atoms with Crippen molar-refractivity contribution in [3.63, 3.8) is 0 Å². The number of rotatable bonds is 15. The Morgan fingerprint density at radius 2 is 1.15 bits per heavy atom. The summed E-state index contributed by atoms with van der Waals surface area (Å²) in [6, 6.07) is 19.8. The van der Waals surface area contributed by atoms with E-state index in [1.54, 1.807) is 24.3 Å². The van der Waals surface area contributed by atoms with Gasteiger partial charge in [-0.2, -0.15) is 0 Å². The number of ether oxygens (including phenoxy) is 1. The summed E-state index contributed by atoms with van der Waals surface area (Å²) >= 11 is 0. The van der Waals surface area contributed by atoms with Gasteiger partial charge in [0.2, 0.25) is 17.7 Å². The topological polar surface area (TPSA) is 225 Å². The van der Waals surface area contributed by atoms with Crippen LogP contribution in [0.3, 0.4) is 0 Å². The van der Waals surface area contributed by atoms with E-state index in [2.05, 4.69) is 5.32 Å². The first-order valence-electron chi connectivity index (χ1n) is 14.2. The van der Waals surface area contributed by atoms with Crippen LogP contribution in [0.1, 0.15) is 12.8 Å². The summed E-state index contributed by atoms with van der Waals surface area (Å²) in [6.45, 7) is -1.13. The highest BCUT2D eigenvalue weighted by Gasteiger charge is 2.32. The normalized spacial score (nSPS) is 11.5. The molecule has 0 saturated heterocycles. The molecule has 0 spiro atoms. The Kier molecular flexibility index (Phi) is 10.7. The van der Waals surface area contributed by atoms with Crippen LogP contribution in [0, 0.1) is 0 Å². The van der Waals surface area contributed by atoms with Gasteiger partial charge in [-0.25, -0.2) is 16.8 Å². The predicted molar refractivity (Wildman–Crippen MR) is 178 cm³/mol. The molecule has 0 saturated carbocycles. The Morgan fingerprint density at radius 1 is 0.702 bits per heavy atom. The molecule has 0 unspecified atom stereocenters. The van der Waals surface area contributed by atoms with Crippen molar-refractivity contribution >= 4 is 65.6 Å². The summed E-state index contributed by atoms with van der Waals surface area (Å²) in [7, 11) is -7.39. The largest absolute Gasteiger partial charge is 0.497 e. The van der Waals surface area contributed by atoms with Crippen LogP contribution in [-0.4, -0.2) is 61.3 Å². The predicted octanol–water partition coefficient (Wildman–Crippen LogP) is 1.89. The molecule has 0 aliphatic heterocycles. The summed E-state index contributed by atoms with van der Waals surface area (Å²) in [5, 5.41) is 3.14. The monoisotopic (exact) mass is 682 g/mol. The smallest absolute Gasteiger partial charge is 0.264 e. The van der Waals surface area contributed by atoms with E-state index in [4.69, 9.17) is 21.9 Å². The van der Waals surface area contributed by atoms with Crippen molar-refractivity contribution in [1.29, 1.82) is 0 Å². The number of hydrogen-bond acceptors (Lipinski definition) is 9. The minimum Gasteiger partial charge on any atom is -0.497 e. The maximum atomic E-state index is 14.0. The van der Waals surface area contributed by atoms with E-state index in [1.807, 2.05) is 0 Å². The molecule has 248 valence electrons. The minimum atomic E-state index is -4.44. The van der Waals surface area contributed by atoms with Gasteiger partial charge in [-0.15, -0.1) is 0 Å². The van der Waals surface area contributed by atoms with Gasteiger partial charge in [0.1, 0.15) is 18.8 Å². The summed E-state index contributed by atoms with van der Waals surface area (Å²) in [4.78, 5) is 36.1.